The number of fused-ring (bicyclic) bond motifs is 6. The van der Waals surface area contributed by atoms with Gasteiger partial charge in [0.15, 0.2) is 5.82 Å². The second-order valence-electron chi connectivity index (χ2n) is 11.7. The van der Waals surface area contributed by atoms with Gasteiger partial charge in [0.2, 0.25) is 5.95 Å². The summed E-state index contributed by atoms with van der Waals surface area (Å²) in [5.74, 6) is -4.61. The van der Waals surface area contributed by atoms with E-state index >= 15 is 0 Å². The van der Waals surface area contributed by atoms with Crippen LogP contribution in [0.25, 0.3) is 0 Å². The molecule has 18 heteroatoms. The number of para-hydroxylation sites is 1. The third-order valence-electron chi connectivity index (χ3n) is 7.92. The largest absolute Gasteiger partial charge is 0.493 e. The minimum Gasteiger partial charge on any atom is -0.493 e. The maximum Gasteiger partial charge on any atom is 0.458 e. The van der Waals surface area contributed by atoms with Crippen molar-refractivity contribution in [2.45, 2.75) is 38.0 Å². The Bertz CT molecular complexity index is 1880. The van der Waals surface area contributed by atoms with Crippen LogP contribution in [0.5, 0.6) is 5.75 Å². The number of aromatic nitrogens is 3. The van der Waals surface area contributed by atoms with Gasteiger partial charge in [-0.05, 0) is 79.1 Å². The summed E-state index contributed by atoms with van der Waals surface area (Å²) in [7, 11) is 0. The van der Waals surface area contributed by atoms with Gasteiger partial charge in [-0.3, -0.25) is 14.6 Å². The summed E-state index contributed by atoms with van der Waals surface area (Å²) in [6, 6.07) is 17.6. The number of pyridine rings is 1. The van der Waals surface area contributed by atoms with Gasteiger partial charge in [-0.15, -0.1) is 0 Å². The minimum absolute atomic E-state index is 0.0513. The Balaban J connectivity index is 0.000000376. The number of urea groups is 1. The number of Topliss-reactive ketones (excluding diaryl/α,β-unsaturated/α-hetero) is 2. The molecule has 0 spiro atoms. The van der Waals surface area contributed by atoms with E-state index in [-0.39, 0.29) is 6.03 Å². The zero-order valence-electron chi connectivity index (χ0n) is 27.0. The fourth-order valence-corrected chi connectivity index (χ4v) is 5.38. The fourth-order valence-electron chi connectivity index (χ4n) is 5.24. The van der Waals surface area contributed by atoms with E-state index in [9.17, 15) is 40.7 Å². The number of amides is 2. The number of anilines is 5. The van der Waals surface area contributed by atoms with E-state index in [0.717, 1.165) is 59.6 Å². The quantitative estimate of drug-likeness (QED) is 0.139. The smallest absolute Gasteiger partial charge is 0.458 e. The highest BCUT2D eigenvalue weighted by Gasteiger charge is 2.54. The highest BCUT2D eigenvalue weighted by Crippen LogP contribution is 2.31. The number of nitrogens with zero attached hydrogens (tertiary/aromatic N) is 4. The molecule has 52 heavy (non-hydrogen) atoms. The van der Waals surface area contributed by atoms with E-state index in [2.05, 4.69) is 43.0 Å². The summed E-state index contributed by atoms with van der Waals surface area (Å²) < 4.78 is 73.4. The molecule has 2 aromatic heterocycles. The lowest BCUT2D eigenvalue weighted by molar-refractivity contribution is -0.193. The molecule has 2 aliphatic rings. The molecule has 0 aliphatic carbocycles. The third-order valence-corrected chi connectivity index (χ3v) is 8.20. The average Bonchev–Trinajstić information content (AvgIpc) is 3.11. The predicted molar refractivity (Wildman–Crippen MR) is 179 cm³/mol. The zero-order chi connectivity index (χ0) is 37.5. The first-order valence-electron chi connectivity index (χ1n) is 15.8. The van der Waals surface area contributed by atoms with E-state index in [1.165, 1.54) is 0 Å². The average molecular weight is 750 g/mol. The van der Waals surface area contributed by atoms with Crippen LogP contribution >= 0.6 is 11.6 Å². The minimum atomic E-state index is -5.77. The number of benzene rings is 2. The molecule has 0 unspecified atom stereocenters. The highest BCUT2D eigenvalue weighted by atomic mass is 35.5. The van der Waals surface area contributed by atoms with Crippen LogP contribution in [0, 0.1) is 5.92 Å². The Morgan fingerprint density at radius 1 is 0.865 bits per heavy atom. The molecule has 1 fully saturated rings. The standard InChI is InChI=1S/C30H30ClN7O2.C4F6O2/c31-26-18-33-29-35-25-14-21(16-32-17-25)6-7-22-15-24(34-28(26)37-29)8-9-27(22)40-19-20-10-12-38(13-11-20)30(39)36-23-4-2-1-3-5-23;5-3(6,7)1(11)2(12)4(8,9)10/h1-5,8-9,14-18,20H,6-7,10-13,19H2,(H,36,39)(H2,33,34,35,37);. The van der Waals surface area contributed by atoms with Gasteiger partial charge in [0, 0.05) is 30.7 Å². The first kappa shape index (κ1) is 37.8. The van der Waals surface area contributed by atoms with Crippen molar-refractivity contribution in [2.75, 3.05) is 35.6 Å². The summed E-state index contributed by atoms with van der Waals surface area (Å²) in [5.41, 5.74) is 4.69. The number of hydrogen-bond donors (Lipinski definition) is 3. The highest BCUT2D eigenvalue weighted by molar-refractivity contribution is 6.41. The van der Waals surface area contributed by atoms with Crippen LogP contribution in [0.4, 0.5) is 60.0 Å². The number of ketones is 2. The molecule has 0 atom stereocenters. The Morgan fingerprint density at radius 3 is 2.23 bits per heavy atom. The fraction of sp³-hybridized carbons (Fsp3) is 0.294. The molecule has 1 saturated heterocycles. The molecular formula is C34H30ClF6N7O4. The van der Waals surface area contributed by atoms with E-state index in [1.54, 1.807) is 12.4 Å². The molecule has 0 radical (unpaired) electrons. The predicted octanol–water partition coefficient (Wildman–Crippen LogP) is 7.68. The van der Waals surface area contributed by atoms with Crippen LogP contribution in [0.2, 0.25) is 5.02 Å². The monoisotopic (exact) mass is 749 g/mol. The van der Waals surface area contributed by atoms with Crippen molar-refractivity contribution >= 4 is 58.0 Å². The number of piperidine rings is 1. The molecule has 4 aromatic rings. The molecule has 6 bridgehead atoms. The molecular weight excluding hydrogens is 720 g/mol. The number of alkyl halides is 6. The number of rotatable bonds is 5. The molecule has 2 amide bonds. The number of likely N-dealkylation sites (tertiary alicyclic amines) is 1. The van der Waals surface area contributed by atoms with Gasteiger partial charge in [-0.2, -0.15) is 31.3 Å². The maximum atomic E-state index is 12.6. The molecule has 11 nitrogen and oxygen atoms in total. The van der Waals surface area contributed by atoms with Crippen LogP contribution < -0.4 is 20.7 Å². The number of nitrogens with one attached hydrogen (secondary N) is 3. The molecule has 4 heterocycles. The number of ether oxygens (including phenoxy) is 1. The summed E-state index contributed by atoms with van der Waals surface area (Å²) in [4.78, 5) is 47.0. The van der Waals surface area contributed by atoms with Crippen molar-refractivity contribution in [1.82, 2.24) is 19.9 Å². The molecule has 274 valence electrons. The topological polar surface area (TPSA) is 138 Å². The summed E-state index contributed by atoms with van der Waals surface area (Å²) in [6.45, 7) is 2.03. The van der Waals surface area contributed by atoms with E-state index in [1.807, 2.05) is 53.6 Å². The van der Waals surface area contributed by atoms with Crippen LogP contribution in [0.15, 0.2) is 73.2 Å². The van der Waals surface area contributed by atoms with E-state index in [0.29, 0.717) is 42.4 Å². The molecule has 0 saturated carbocycles. The normalized spacial score (nSPS) is 14.5. The van der Waals surface area contributed by atoms with Crippen LogP contribution in [-0.2, 0) is 22.4 Å². The van der Waals surface area contributed by atoms with E-state index < -0.39 is 23.9 Å². The summed E-state index contributed by atoms with van der Waals surface area (Å²) in [5, 5.41) is 9.94. The summed E-state index contributed by atoms with van der Waals surface area (Å²) in [6.07, 6.45) is -2.96. The number of carbonyl (C=O) groups is 3. The van der Waals surface area contributed by atoms with Crippen LogP contribution in [0.3, 0.4) is 0 Å². The SMILES string of the molecule is O=C(C(=O)C(F)(F)F)C(F)(F)F.O=C(Nc1ccccc1)N1CCC(COc2ccc3cc2CCc2cncc(c2)Nc2ncc(Cl)c(n2)N3)CC1. The first-order chi connectivity index (χ1) is 24.7. The second-order valence-corrected chi connectivity index (χ2v) is 12.1. The van der Waals surface area contributed by atoms with Gasteiger partial charge in [-0.25, -0.2) is 9.78 Å². The van der Waals surface area contributed by atoms with Gasteiger partial charge >= 0.3 is 30.0 Å². The van der Waals surface area contributed by atoms with Crippen molar-refractivity contribution in [1.29, 1.82) is 0 Å². The van der Waals surface area contributed by atoms with Crippen molar-refractivity contribution in [3.05, 3.63) is 89.3 Å². The Morgan fingerprint density at radius 2 is 1.56 bits per heavy atom. The van der Waals surface area contributed by atoms with Crippen molar-refractivity contribution in [3.8, 4) is 5.75 Å². The van der Waals surface area contributed by atoms with Gasteiger partial charge in [0.1, 0.15) is 10.8 Å². The number of aryl methyl sites for hydroxylation is 2. The lowest BCUT2D eigenvalue weighted by Crippen LogP contribution is -2.42. The lowest BCUT2D eigenvalue weighted by atomic mass is 9.98. The van der Waals surface area contributed by atoms with Gasteiger partial charge in [0.05, 0.1) is 24.7 Å². The van der Waals surface area contributed by atoms with Crippen LogP contribution in [-0.4, -0.2) is 69.5 Å². The van der Waals surface area contributed by atoms with Crippen molar-refractivity contribution < 1.29 is 45.5 Å². The zero-order valence-corrected chi connectivity index (χ0v) is 27.8. The molecule has 2 aromatic carbocycles. The van der Waals surface area contributed by atoms with Gasteiger partial charge < -0.3 is 25.6 Å². The third kappa shape index (κ3) is 10.3. The van der Waals surface area contributed by atoms with Crippen molar-refractivity contribution in [3.63, 3.8) is 0 Å². The Hall–Kier alpha value is -5.45. The molecule has 3 N–H and O–H groups in total. The van der Waals surface area contributed by atoms with E-state index in [4.69, 9.17) is 16.3 Å². The number of carbonyl (C=O) groups excluding carboxylic acids is 3. The summed E-state index contributed by atoms with van der Waals surface area (Å²) >= 11 is 6.39. The first-order valence-corrected chi connectivity index (χ1v) is 16.1. The second kappa shape index (κ2) is 16.3. The molecule has 6 rings (SSSR count). The number of hydrogen-bond acceptors (Lipinski definition) is 9. The number of halogens is 7. The molecule has 2 aliphatic heterocycles. The van der Waals surface area contributed by atoms with Crippen LogP contribution in [0.1, 0.15) is 24.0 Å². The Labute approximate surface area is 297 Å². The lowest BCUT2D eigenvalue weighted by Gasteiger charge is -2.32. The van der Waals surface area contributed by atoms with Gasteiger partial charge in [-0.1, -0.05) is 29.8 Å². The van der Waals surface area contributed by atoms with Crippen molar-refractivity contribution in [2.24, 2.45) is 5.92 Å². The maximum absolute atomic E-state index is 12.6. The van der Waals surface area contributed by atoms with Gasteiger partial charge in [0.25, 0.3) is 0 Å². The Kier molecular flexibility index (Phi) is 11.8.